The molecular formula is C26H28N2O5S. The van der Waals surface area contributed by atoms with Gasteiger partial charge in [0, 0.05) is 23.6 Å². The molecule has 0 radical (unpaired) electrons. The summed E-state index contributed by atoms with van der Waals surface area (Å²) in [5.74, 6) is 0.668. The Morgan fingerprint density at radius 3 is 2.26 bits per heavy atom. The number of ether oxygens (including phenoxy) is 3. The fraction of sp³-hybridized carbons (Fsp3) is 0.308. The third kappa shape index (κ3) is 4.87. The van der Waals surface area contributed by atoms with E-state index in [1.807, 2.05) is 30.3 Å². The molecule has 7 nitrogen and oxygen atoms in total. The average Bonchev–Trinajstić information content (AvgIpc) is 3.24. The number of methoxy groups -OCH3 is 3. The number of thiophene rings is 1. The van der Waals surface area contributed by atoms with E-state index in [1.165, 1.54) is 32.7 Å². The Labute approximate surface area is 203 Å². The van der Waals surface area contributed by atoms with Gasteiger partial charge >= 0.3 is 0 Å². The Morgan fingerprint density at radius 2 is 1.56 bits per heavy atom. The molecule has 3 aromatic rings. The van der Waals surface area contributed by atoms with E-state index < -0.39 is 0 Å². The Balaban J connectivity index is 1.64. The van der Waals surface area contributed by atoms with Crippen LogP contribution in [-0.2, 0) is 19.4 Å². The van der Waals surface area contributed by atoms with Gasteiger partial charge in [0.1, 0.15) is 10.8 Å². The van der Waals surface area contributed by atoms with Crippen LogP contribution in [0, 0.1) is 0 Å². The molecule has 0 aliphatic heterocycles. The molecule has 34 heavy (non-hydrogen) atoms. The molecule has 178 valence electrons. The summed E-state index contributed by atoms with van der Waals surface area (Å²) in [7, 11) is 4.52. The molecule has 1 aliphatic rings. The van der Waals surface area contributed by atoms with Gasteiger partial charge in [-0.2, -0.15) is 0 Å². The minimum absolute atomic E-state index is 0.183. The van der Waals surface area contributed by atoms with E-state index in [2.05, 4.69) is 10.6 Å². The van der Waals surface area contributed by atoms with Gasteiger partial charge in [0.15, 0.2) is 11.5 Å². The van der Waals surface area contributed by atoms with Gasteiger partial charge < -0.3 is 24.8 Å². The number of hydrogen-bond acceptors (Lipinski definition) is 6. The zero-order valence-electron chi connectivity index (χ0n) is 19.5. The highest BCUT2D eigenvalue weighted by molar-refractivity contribution is 7.17. The van der Waals surface area contributed by atoms with Gasteiger partial charge in [-0.3, -0.25) is 9.59 Å². The third-order valence-corrected chi connectivity index (χ3v) is 7.08. The van der Waals surface area contributed by atoms with Gasteiger partial charge in [0.25, 0.3) is 11.8 Å². The largest absolute Gasteiger partial charge is 0.496 e. The fourth-order valence-corrected chi connectivity index (χ4v) is 5.42. The molecular weight excluding hydrogens is 452 g/mol. The highest BCUT2D eigenvalue weighted by Gasteiger charge is 2.27. The monoisotopic (exact) mass is 480 g/mol. The lowest BCUT2D eigenvalue weighted by Gasteiger charge is -2.15. The second-order valence-corrected chi connectivity index (χ2v) is 9.05. The maximum Gasteiger partial charge on any atom is 0.260 e. The lowest BCUT2D eigenvalue weighted by Crippen LogP contribution is -2.25. The number of aryl methyl sites for hydroxylation is 1. The van der Waals surface area contributed by atoms with Crippen LogP contribution in [0.1, 0.15) is 49.6 Å². The summed E-state index contributed by atoms with van der Waals surface area (Å²) in [6.07, 6.45) is 3.85. The Bertz CT molecular complexity index is 1190. The quantitative estimate of drug-likeness (QED) is 0.482. The smallest absolute Gasteiger partial charge is 0.260 e. The molecule has 1 heterocycles. The van der Waals surface area contributed by atoms with Crippen molar-refractivity contribution >= 4 is 28.2 Å². The molecule has 0 saturated carbocycles. The topological polar surface area (TPSA) is 85.9 Å². The van der Waals surface area contributed by atoms with Gasteiger partial charge in [0.05, 0.1) is 32.5 Å². The van der Waals surface area contributed by atoms with Crippen LogP contribution in [-0.4, -0.2) is 33.1 Å². The molecule has 8 heteroatoms. The summed E-state index contributed by atoms with van der Waals surface area (Å²) in [4.78, 5) is 27.8. The second-order valence-electron chi connectivity index (χ2n) is 7.94. The summed E-state index contributed by atoms with van der Waals surface area (Å²) in [5.41, 5.74) is 2.91. The lowest BCUT2D eigenvalue weighted by molar-refractivity contribution is 0.0951. The van der Waals surface area contributed by atoms with Crippen LogP contribution in [0.2, 0.25) is 0 Å². The normalized spacial score (nSPS) is 12.4. The summed E-state index contributed by atoms with van der Waals surface area (Å²) < 4.78 is 16.1. The SMILES string of the molecule is COc1cc(OC)c(C(=O)Nc2sc3c(c2C(=O)NCc2ccccc2)CCCC3)cc1OC. The second kappa shape index (κ2) is 10.6. The number of amides is 2. The molecule has 2 aromatic carbocycles. The highest BCUT2D eigenvalue weighted by Crippen LogP contribution is 2.40. The van der Waals surface area contributed by atoms with E-state index in [-0.39, 0.29) is 11.8 Å². The van der Waals surface area contributed by atoms with Crippen molar-refractivity contribution in [2.75, 3.05) is 26.6 Å². The lowest BCUT2D eigenvalue weighted by atomic mass is 9.95. The predicted molar refractivity (Wildman–Crippen MR) is 133 cm³/mol. The molecule has 0 fully saturated rings. The molecule has 0 saturated heterocycles. The van der Waals surface area contributed by atoms with Crippen molar-refractivity contribution in [2.24, 2.45) is 0 Å². The van der Waals surface area contributed by atoms with Crippen LogP contribution < -0.4 is 24.8 Å². The van der Waals surface area contributed by atoms with Crippen LogP contribution in [0.25, 0.3) is 0 Å². The van der Waals surface area contributed by atoms with Crippen LogP contribution in [0.15, 0.2) is 42.5 Å². The van der Waals surface area contributed by atoms with Gasteiger partial charge in [-0.1, -0.05) is 30.3 Å². The van der Waals surface area contributed by atoms with Crippen molar-refractivity contribution in [1.82, 2.24) is 5.32 Å². The molecule has 4 rings (SSSR count). The maximum atomic E-state index is 13.3. The van der Waals surface area contributed by atoms with Gasteiger partial charge in [-0.25, -0.2) is 0 Å². The molecule has 0 unspecified atom stereocenters. The standard InChI is InChI=1S/C26H28N2O5S/c1-31-19-14-21(33-3)20(32-2)13-18(19)24(29)28-26-23(17-11-7-8-12-22(17)34-26)25(30)27-15-16-9-5-4-6-10-16/h4-6,9-10,13-14H,7-8,11-12,15H2,1-3H3,(H,27,30)(H,28,29). The van der Waals surface area contributed by atoms with Crippen LogP contribution >= 0.6 is 11.3 Å². The molecule has 2 amide bonds. The number of hydrogen-bond donors (Lipinski definition) is 2. The van der Waals surface area contributed by atoms with Crippen molar-refractivity contribution in [3.8, 4) is 17.2 Å². The number of carbonyl (C=O) groups excluding carboxylic acids is 2. The first kappa shape index (κ1) is 23.6. The zero-order chi connectivity index (χ0) is 24.1. The highest BCUT2D eigenvalue weighted by atomic mass is 32.1. The van der Waals surface area contributed by atoms with Crippen LogP contribution in [0.3, 0.4) is 0 Å². The van der Waals surface area contributed by atoms with E-state index in [4.69, 9.17) is 14.2 Å². The number of carbonyl (C=O) groups is 2. The van der Waals surface area contributed by atoms with Crippen molar-refractivity contribution < 1.29 is 23.8 Å². The zero-order valence-corrected chi connectivity index (χ0v) is 20.3. The molecule has 2 N–H and O–H groups in total. The Kier molecular flexibility index (Phi) is 7.37. The molecule has 0 spiro atoms. The molecule has 1 aliphatic carbocycles. The summed E-state index contributed by atoms with van der Waals surface area (Å²) in [6.45, 7) is 0.418. The van der Waals surface area contributed by atoms with Crippen molar-refractivity contribution in [3.63, 3.8) is 0 Å². The molecule has 0 bridgehead atoms. The number of nitrogens with one attached hydrogen (secondary N) is 2. The van der Waals surface area contributed by atoms with Crippen molar-refractivity contribution in [1.29, 1.82) is 0 Å². The Hall–Kier alpha value is -3.52. The first-order valence-electron chi connectivity index (χ1n) is 11.1. The summed E-state index contributed by atoms with van der Waals surface area (Å²) >= 11 is 1.48. The van der Waals surface area contributed by atoms with Crippen LogP contribution in [0.4, 0.5) is 5.00 Å². The van der Waals surface area contributed by atoms with Gasteiger partial charge in [-0.05, 0) is 36.8 Å². The van der Waals surface area contributed by atoms with Crippen LogP contribution in [0.5, 0.6) is 17.2 Å². The van der Waals surface area contributed by atoms with E-state index in [9.17, 15) is 9.59 Å². The van der Waals surface area contributed by atoms with E-state index in [0.717, 1.165) is 41.7 Å². The van der Waals surface area contributed by atoms with E-state index in [1.54, 1.807) is 12.1 Å². The van der Waals surface area contributed by atoms with Gasteiger partial charge in [-0.15, -0.1) is 11.3 Å². The predicted octanol–water partition coefficient (Wildman–Crippen LogP) is 4.84. The Morgan fingerprint density at radius 1 is 0.882 bits per heavy atom. The third-order valence-electron chi connectivity index (χ3n) is 5.87. The molecule has 1 aromatic heterocycles. The summed E-state index contributed by atoms with van der Waals surface area (Å²) in [6, 6.07) is 12.9. The number of anilines is 1. The number of benzene rings is 2. The first-order chi connectivity index (χ1) is 16.5. The molecule has 0 atom stereocenters. The van der Waals surface area contributed by atoms with Crippen molar-refractivity contribution in [2.45, 2.75) is 32.2 Å². The summed E-state index contributed by atoms with van der Waals surface area (Å²) in [5, 5.41) is 6.54. The fourth-order valence-electron chi connectivity index (χ4n) is 4.14. The number of fused-ring (bicyclic) bond motifs is 1. The first-order valence-corrected chi connectivity index (χ1v) is 11.9. The van der Waals surface area contributed by atoms with E-state index >= 15 is 0 Å². The van der Waals surface area contributed by atoms with Gasteiger partial charge in [0.2, 0.25) is 0 Å². The average molecular weight is 481 g/mol. The van der Waals surface area contributed by atoms with E-state index in [0.29, 0.717) is 39.9 Å². The number of rotatable bonds is 8. The van der Waals surface area contributed by atoms with Crippen molar-refractivity contribution in [3.05, 3.63) is 69.6 Å². The minimum Gasteiger partial charge on any atom is -0.496 e. The maximum absolute atomic E-state index is 13.3. The minimum atomic E-state index is -0.381.